The predicted molar refractivity (Wildman–Crippen MR) is 121 cm³/mol. The second kappa shape index (κ2) is 7.39. The zero-order chi connectivity index (χ0) is 20.9. The Morgan fingerprint density at radius 2 is 1.87 bits per heavy atom. The molecule has 0 amide bonds. The van der Waals surface area contributed by atoms with Crippen molar-refractivity contribution in [1.82, 2.24) is 0 Å². The molecule has 1 unspecified atom stereocenters. The van der Waals surface area contributed by atoms with Crippen LogP contribution in [0.1, 0.15) is 71.3 Å². The minimum atomic E-state index is -0.106. The van der Waals surface area contributed by atoms with Crippen molar-refractivity contribution in [3.05, 3.63) is 59.2 Å². The van der Waals surface area contributed by atoms with Gasteiger partial charge in [0.2, 0.25) is 0 Å². The van der Waals surface area contributed by atoms with Crippen LogP contribution in [0.15, 0.2) is 53.6 Å². The number of esters is 1. The highest BCUT2D eigenvalue weighted by Gasteiger charge is 2.59. The summed E-state index contributed by atoms with van der Waals surface area (Å²) in [5.74, 6) is 2.12. The van der Waals surface area contributed by atoms with Gasteiger partial charge in [-0.2, -0.15) is 0 Å². The van der Waals surface area contributed by atoms with Crippen LogP contribution in [0.4, 0.5) is 0 Å². The summed E-state index contributed by atoms with van der Waals surface area (Å²) in [6, 6.07) is 10.9. The zero-order valence-electron chi connectivity index (χ0n) is 18.8. The quantitative estimate of drug-likeness (QED) is 0.527. The van der Waals surface area contributed by atoms with Crippen LogP contribution in [0.5, 0.6) is 0 Å². The van der Waals surface area contributed by atoms with Gasteiger partial charge >= 0.3 is 5.97 Å². The topological polar surface area (TPSA) is 26.3 Å². The van der Waals surface area contributed by atoms with Crippen LogP contribution in [0.3, 0.4) is 0 Å². The molecule has 1 aromatic carbocycles. The fourth-order valence-corrected chi connectivity index (χ4v) is 7.73. The van der Waals surface area contributed by atoms with Crippen LogP contribution < -0.4 is 0 Å². The van der Waals surface area contributed by atoms with Gasteiger partial charge in [0.25, 0.3) is 0 Å². The molecule has 4 aliphatic carbocycles. The number of hydrogen-bond acceptors (Lipinski definition) is 2. The maximum Gasteiger partial charge on any atom is 0.302 e. The molecule has 0 bridgehead atoms. The Morgan fingerprint density at radius 3 is 2.63 bits per heavy atom. The van der Waals surface area contributed by atoms with Gasteiger partial charge in [-0.3, -0.25) is 4.79 Å². The van der Waals surface area contributed by atoms with Gasteiger partial charge in [0.15, 0.2) is 0 Å². The third-order valence-corrected chi connectivity index (χ3v) is 9.35. The summed E-state index contributed by atoms with van der Waals surface area (Å²) in [5, 5.41) is 0. The number of allylic oxidation sites excluding steroid dienone is 4. The molecule has 0 spiro atoms. The lowest BCUT2D eigenvalue weighted by Gasteiger charge is -2.56. The van der Waals surface area contributed by atoms with Crippen LogP contribution in [0.25, 0.3) is 0 Å². The van der Waals surface area contributed by atoms with Crippen LogP contribution in [0, 0.1) is 28.6 Å². The highest BCUT2D eigenvalue weighted by Crippen LogP contribution is 2.65. The standard InChI is InChI=1S/C28H36O2/c1-19(29)30-26-12-11-24-23-10-9-22-18-21(17-20-7-5-4-6-8-20)13-15-27(22,2)25(23)14-16-28(24,26)3/h4-9,18,23-26H,10-17H2,1-3H3/t23-,24-,25-,26?,27-,28-/m0/s1. The monoisotopic (exact) mass is 404 g/mol. The highest BCUT2D eigenvalue weighted by atomic mass is 16.5. The molecule has 2 saturated carbocycles. The van der Waals surface area contributed by atoms with Gasteiger partial charge in [0.05, 0.1) is 0 Å². The first kappa shape index (κ1) is 20.1. The van der Waals surface area contributed by atoms with E-state index in [9.17, 15) is 4.79 Å². The molecule has 2 heteroatoms. The van der Waals surface area contributed by atoms with Gasteiger partial charge in [0.1, 0.15) is 6.10 Å². The minimum Gasteiger partial charge on any atom is -0.462 e. The summed E-state index contributed by atoms with van der Waals surface area (Å²) in [6.45, 7) is 6.53. The zero-order valence-corrected chi connectivity index (χ0v) is 18.8. The Hall–Kier alpha value is -1.83. The van der Waals surface area contributed by atoms with E-state index in [1.54, 1.807) is 18.1 Å². The van der Waals surface area contributed by atoms with Gasteiger partial charge in [-0.25, -0.2) is 0 Å². The predicted octanol–water partition coefficient (Wildman–Crippen LogP) is 6.66. The second-order valence-electron chi connectivity index (χ2n) is 10.9. The van der Waals surface area contributed by atoms with Crippen molar-refractivity contribution in [3.63, 3.8) is 0 Å². The molecule has 0 heterocycles. The van der Waals surface area contributed by atoms with Gasteiger partial charge in [-0.1, -0.05) is 61.9 Å². The van der Waals surface area contributed by atoms with E-state index < -0.39 is 0 Å². The van der Waals surface area contributed by atoms with E-state index in [2.05, 4.69) is 56.3 Å². The molecular formula is C28H36O2. The Balaban J connectivity index is 1.39. The van der Waals surface area contributed by atoms with Gasteiger partial charge < -0.3 is 4.74 Å². The molecule has 4 aliphatic rings. The number of fused-ring (bicyclic) bond motifs is 5. The van der Waals surface area contributed by atoms with Gasteiger partial charge in [-0.15, -0.1) is 0 Å². The maximum absolute atomic E-state index is 11.7. The highest BCUT2D eigenvalue weighted by molar-refractivity contribution is 5.66. The van der Waals surface area contributed by atoms with Crippen molar-refractivity contribution in [2.24, 2.45) is 28.6 Å². The molecular weight excluding hydrogens is 368 g/mol. The first-order valence-corrected chi connectivity index (χ1v) is 12.0. The van der Waals surface area contributed by atoms with Crippen LogP contribution in [-0.2, 0) is 16.0 Å². The first-order chi connectivity index (χ1) is 14.4. The van der Waals surface area contributed by atoms with E-state index in [1.807, 2.05) is 0 Å². The number of carbonyl (C=O) groups excluding carboxylic acids is 1. The van der Waals surface area contributed by atoms with Gasteiger partial charge in [-0.05, 0) is 85.7 Å². The van der Waals surface area contributed by atoms with Crippen molar-refractivity contribution in [3.8, 4) is 0 Å². The molecule has 2 fully saturated rings. The Kier molecular flexibility index (Phi) is 4.95. The smallest absolute Gasteiger partial charge is 0.302 e. The molecule has 30 heavy (non-hydrogen) atoms. The lowest BCUT2D eigenvalue weighted by atomic mass is 9.48. The minimum absolute atomic E-state index is 0.106. The summed E-state index contributed by atoms with van der Waals surface area (Å²) in [5.41, 5.74) is 5.14. The number of ether oxygens (including phenoxy) is 1. The molecule has 0 aliphatic heterocycles. The van der Waals surface area contributed by atoms with E-state index in [1.165, 1.54) is 44.1 Å². The number of rotatable bonds is 3. The number of carbonyl (C=O) groups is 1. The van der Waals surface area contributed by atoms with E-state index >= 15 is 0 Å². The maximum atomic E-state index is 11.7. The fourth-order valence-electron chi connectivity index (χ4n) is 7.73. The van der Waals surface area contributed by atoms with Crippen molar-refractivity contribution >= 4 is 5.97 Å². The van der Waals surface area contributed by atoms with Crippen molar-refractivity contribution < 1.29 is 9.53 Å². The molecule has 6 atom stereocenters. The van der Waals surface area contributed by atoms with Gasteiger partial charge in [0, 0.05) is 12.3 Å². The first-order valence-electron chi connectivity index (χ1n) is 12.0. The van der Waals surface area contributed by atoms with Crippen molar-refractivity contribution in [2.45, 2.75) is 78.2 Å². The van der Waals surface area contributed by atoms with Crippen LogP contribution in [-0.4, -0.2) is 12.1 Å². The summed E-state index contributed by atoms with van der Waals surface area (Å²) in [4.78, 5) is 11.7. The lowest BCUT2D eigenvalue weighted by molar-refractivity contribution is -0.156. The Morgan fingerprint density at radius 1 is 1.07 bits per heavy atom. The van der Waals surface area contributed by atoms with Crippen molar-refractivity contribution in [1.29, 1.82) is 0 Å². The third-order valence-electron chi connectivity index (χ3n) is 9.35. The summed E-state index contributed by atoms with van der Waals surface area (Å²) < 4.78 is 5.80. The molecule has 5 rings (SSSR count). The molecule has 160 valence electrons. The molecule has 1 aromatic rings. The molecule has 0 N–H and O–H groups in total. The summed E-state index contributed by atoms with van der Waals surface area (Å²) >= 11 is 0. The van der Waals surface area contributed by atoms with Crippen molar-refractivity contribution in [2.75, 3.05) is 0 Å². The largest absolute Gasteiger partial charge is 0.462 e. The van der Waals surface area contributed by atoms with Crippen LogP contribution in [0.2, 0.25) is 0 Å². The van der Waals surface area contributed by atoms with E-state index in [0.29, 0.717) is 11.3 Å². The molecule has 0 aromatic heterocycles. The lowest BCUT2D eigenvalue weighted by Crippen LogP contribution is -2.50. The molecule has 0 saturated heterocycles. The Bertz CT molecular complexity index is 881. The van der Waals surface area contributed by atoms with E-state index in [0.717, 1.165) is 24.7 Å². The number of hydrogen-bond donors (Lipinski definition) is 0. The normalized spacial score (nSPS) is 39.8. The van der Waals surface area contributed by atoms with E-state index in [-0.39, 0.29) is 17.5 Å². The SMILES string of the molecule is CC(=O)OC1CC[C@H]2[C@@H]3CC=C4C=C(Cc5ccccc5)CC[C@]4(C)[C@H]3CC[C@]12C. The average Bonchev–Trinajstić information content (AvgIpc) is 3.05. The van der Waals surface area contributed by atoms with E-state index in [4.69, 9.17) is 4.74 Å². The average molecular weight is 405 g/mol. The summed E-state index contributed by atoms with van der Waals surface area (Å²) in [6.07, 6.45) is 14.8. The molecule has 0 radical (unpaired) electrons. The summed E-state index contributed by atoms with van der Waals surface area (Å²) in [7, 11) is 0. The fraction of sp³-hybridized carbons (Fsp3) is 0.607. The second-order valence-corrected chi connectivity index (χ2v) is 10.9. The number of benzene rings is 1. The Labute approximate surface area is 181 Å². The van der Waals surface area contributed by atoms with Crippen LogP contribution >= 0.6 is 0 Å². The molecule has 2 nitrogen and oxygen atoms in total. The third kappa shape index (κ3) is 3.18.